The van der Waals surface area contributed by atoms with E-state index < -0.39 is 41.6 Å². The van der Waals surface area contributed by atoms with E-state index in [0.29, 0.717) is 19.0 Å². The molecule has 2 amide bonds. The van der Waals surface area contributed by atoms with Gasteiger partial charge in [-0.25, -0.2) is 13.6 Å². The molecule has 11 heteroatoms. The molecule has 0 saturated carbocycles. The third-order valence-corrected chi connectivity index (χ3v) is 5.17. The van der Waals surface area contributed by atoms with E-state index in [4.69, 9.17) is 9.47 Å². The monoisotopic (exact) mass is 463 g/mol. The van der Waals surface area contributed by atoms with Crippen LogP contribution in [0.4, 0.5) is 13.6 Å². The number of nitrogens with one attached hydrogen (secondary N) is 1. The number of halogens is 2. The SMILES string of the molecule is CC1CCn2cc(C(=O)NCc3ccc(F)cc3F)c(=O)c(OCOC(=O)N(C)C)c2C1=O. The Hall–Kier alpha value is -3.76. The van der Waals surface area contributed by atoms with Crippen molar-refractivity contribution in [2.45, 2.75) is 26.4 Å². The van der Waals surface area contributed by atoms with E-state index in [1.807, 2.05) is 0 Å². The predicted octanol–water partition coefficient (Wildman–Crippen LogP) is 2.31. The number of hydrogen-bond acceptors (Lipinski definition) is 6. The fourth-order valence-electron chi connectivity index (χ4n) is 3.27. The van der Waals surface area contributed by atoms with E-state index in [-0.39, 0.29) is 35.1 Å². The van der Waals surface area contributed by atoms with Crippen molar-refractivity contribution in [1.29, 1.82) is 0 Å². The van der Waals surface area contributed by atoms with E-state index in [0.717, 1.165) is 11.0 Å². The maximum atomic E-state index is 13.9. The summed E-state index contributed by atoms with van der Waals surface area (Å²) in [6.45, 7) is 1.12. The second kappa shape index (κ2) is 9.80. The fraction of sp³-hybridized carbons (Fsp3) is 0.364. The zero-order valence-electron chi connectivity index (χ0n) is 18.3. The highest BCUT2D eigenvalue weighted by molar-refractivity contribution is 6.01. The third kappa shape index (κ3) is 5.18. The number of rotatable bonds is 6. The van der Waals surface area contributed by atoms with Crippen molar-refractivity contribution in [1.82, 2.24) is 14.8 Å². The molecule has 1 aliphatic rings. The van der Waals surface area contributed by atoms with Crippen LogP contribution in [0.15, 0.2) is 29.2 Å². The van der Waals surface area contributed by atoms with Gasteiger partial charge in [0.1, 0.15) is 22.9 Å². The van der Waals surface area contributed by atoms with Crippen molar-refractivity contribution in [3.8, 4) is 5.75 Å². The van der Waals surface area contributed by atoms with E-state index in [9.17, 15) is 28.0 Å². The Labute approximate surface area is 187 Å². The van der Waals surface area contributed by atoms with Gasteiger partial charge in [-0.15, -0.1) is 0 Å². The minimum atomic E-state index is -0.873. The average Bonchev–Trinajstić information content (AvgIpc) is 2.76. The quantitative estimate of drug-likeness (QED) is 0.659. The lowest BCUT2D eigenvalue weighted by Crippen LogP contribution is -2.35. The number of carbonyl (C=O) groups excluding carboxylic acids is 3. The molecule has 176 valence electrons. The number of carbonyl (C=O) groups is 3. The van der Waals surface area contributed by atoms with Crippen LogP contribution in [-0.4, -0.2) is 48.1 Å². The zero-order chi connectivity index (χ0) is 24.3. The molecule has 0 aliphatic carbocycles. The minimum Gasteiger partial charge on any atom is -0.451 e. The lowest BCUT2D eigenvalue weighted by atomic mass is 9.94. The summed E-state index contributed by atoms with van der Waals surface area (Å²) in [7, 11) is 2.92. The molecule has 1 N–H and O–H groups in total. The summed E-state index contributed by atoms with van der Waals surface area (Å²) in [6.07, 6.45) is 1.01. The van der Waals surface area contributed by atoms with Crippen molar-refractivity contribution in [2.24, 2.45) is 5.92 Å². The van der Waals surface area contributed by atoms with Crippen molar-refractivity contribution < 1.29 is 32.6 Å². The van der Waals surface area contributed by atoms with Crippen LogP contribution in [0.1, 0.15) is 39.8 Å². The van der Waals surface area contributed by atoms with E-state index in [1.165, 1.54) is 30.9 Å². The topological polar surface area (TPSA) is 107 Å². The first kappa shape index (κ1) is 23.9. The molecule has 1 unspecified atom stereocenters. The first-order valence-corrected chi connectivity index (χ1v) is 10.1. The van der Waals surface area contributed by atoms with Crippen LogP contribution >= 0.6 is 0 Å². The van der Waals surface area contributed by atoms with Gasteiger partial charge < -0.3 is 24.3 Å². The van der Waals surface area contributed by atoms with Crippen molar-refractivity contribution in [3.05, 3.63) is 63.1 Å². The lowest BCUT2D eigenvalue weighted by molar-refractivity contribution is 0.0412. The van der Waals surface area contributed by atoms with Gasteiger partial charge in [0.15, 0.2) is 11.5 Å². The van der Waals surface area contributed by atoms with Gasteiger partial charge in [0.05, 0.1) is 0 Å². The normalized spacial score (nSPS) is 14.9. The highest BCUT2D eigenvalue weighted by Gasteiger charge is 2.31. The molecular weight excluding hydrogens is 440 g/mol. The maximum Gasteiger partial charge on any atom is 0.412 e. The van der Waals surface area contributed by atoms with Crippen LogP contribution < -0.4 is 15.5 Å². The summed E-state index contributed by atoms with van der Waals surface area (Å²) >= 11 is 0. The average molecular weight is 463 g/mol. The minimum absolute atomic E-state index is 0.0132. The molecule has 3 rings (SSSR count). The summed E-state index contributed by atoms with van der Waals surface area (Å²) < 4.78 is 38.6. The number of amides is 2. The highest BCUT2D eigenvalue weighted by Crippen LogP contribution is 2.26. The van der Waals surface area contributed by atoms with Crippen LogP contribution in [0.5, 0.6) is 5.75 Å². The number of fused-ring (bicyclic) bond motifs is 1. The van der Waals surface area contributed by atoms with Crippen molar-refractivity contribution >= 4 is 17.8 Å². The first-order valence-electron chi connectivity index (χ1n) is 10.1. The molecule has 33 heavy (non-hydrogen) atoms. The molecule has 1 aromatic carbocycles. The summed E-state index contributed by atoms with van der Waals surface area (Å²) in [4.78, 5) is 51.3. The zero-order valence-corrected chi connectivity index (χ0v) is 18.3. The van der Waals surface area contributed by atoms with Crippen molar-refractivity contribution in [3.63, 3.8) is 0 Å². The number of ketones is 1. The molecule has 1 aliphatic heterocycles. The molecule has 0 spiro atoms. The van der Waals surface area contributed by atoms with Crippen LogP contribution in [0.3, 0.4) is 0 Å². The van der Waals surface area contributed by atoms with E-state index >= 15 is 0 Å². The number of hydrogen-bond donors (Lipinski definition) is 1. The molecule has 0 radical (unpaired) electrons. The fourth-order valence-corrected chi connectivity index (χ4v) is 3.27. The number of Topliss-reactive ketones (excluding diaryl/α,β-unsaturated/α-hetero) is 1. The van der Waals surface area contributed by atoms with Gasteiger partial charge in [-0.3, -0.25) is 14.4 Å². The van der Waals surface area contributed by atoms with Gasteiger partial charge in [0.2, 0.25) is 12.2 Å². The Balaban J connectivity index is 1.90. The molecule has 0 bridgehead atoms. The van der Waals surface area contributed by atoms with Crippen LogP contribution in [-0.2, 0) is 17.8 Å². The van der Waals surface area contributed by atoms with Gasteiger partial charge in [-0.1, -0.05) is 13.0 Å². The van der Waals surface area contributed by atoms with Gasteiger partial charge in [0.25, 0.3) is 5.91 Å². The lowest BCUT2D eigenvalue weighted by Gasteiger charge is -2.25. The van der Waals surface area contributed by atoms with Crippen LogP contribution in [0, 0.1) is 17.6 Å². The Morgan fingerprint density at radius 2 is 1.97 bits per heavy atom. The van der Waals surface area contributed by atoms with Gasteiger partial charge in [0, 0.05) is 50.9 Å². The van der Waals surface area contributed by atoms with Gasteiger partial charge in [-0.05, 0) is 12.5 Å². The second-order valence-corrected chi connectivity index (χ2v) is 7.78. The molecule has 0 fully saturated rings. The maximum absolute atomic E-state index is 13.9. The van der Waals surface area contributed by atoms with E-state index in [2.05, 4.69) is 5.32 Å². The Morgan fingerprint density at radius 1 is 1.24 bits per heavy atom. The Kier molecular flexibility index (Phi) is 7.10. The second-order valence-electron chi connectivity index (χ2n) is 7.78. The van der Waals surface area contributed by atoms with Gasteiger partial charge >= 0.3 is 6.09 Å². The molecule has 1 aromatic heterocycles. The van der Waals surface area contributed by atoms with Crippen LogP contribution in [0.2, 0.25) is 0 Å². The molecular formula is C22H23F2N3O6. The smallest absolute Gasteiger partial charge is 0.412 e. The molecule has 0 saturated heterocycles. The number of aryl methyl sites for hydroxylation is 1. The summed E-state index contributed by atoms with van der Waals surface area (Å²) in [5.41, 5.74) is -1.20. The number of ether oxygens (including phenoxy) is 2. The summed E-state index contributed by atoms with van der Waals surface area (Å²) in [5, 5.41) is 2.41. The third-order valence-electron chi connectivity index (χ3n) is 5.17. The standard InChI is InChI=1S/C22H23F2N3O6/c1-12-6-7-27-10-15(21(30)25-9-13-4-5-14(23)8-16(13)24)19(29)20(17(27)18(12)28)32-11-33-22(31)26(2)3/h4-5,8,10,12H,6-7,9,11H2,1-3H3,(H,25,30). The first-order chi connectivity index (χ1) is 15.6. The molecule has 2 aromatic rings. The largest absolute Gasteiger partial charge is 0.451 e. The number of aromatic nitrogens is 1. The Morgan fingerprint density at radius 3 is 2.64 bits per heavy atom. The predicted molar refractivity (Wildman–Crippen MR) is 112 cm³/mol. The molecule has 1 atom stereocenters. The number of benzene rings is 1. The molecule has 9 nitrogen and oxygen atoms in total. The van der Waals surface area contributed by atoms with Crippen molar-refractivity contribution in [2.75, 3.05) is 20.9 Å². The number of pyridine rings is 1. The van der Waals surface area contributed by atoms with Crippen LogP contribution in [0.25, 0.3) is 0 Å². The van der Waals surface area contributed by atoms with E-state index in [1.54, 1.807) is 6.92 Å². The highest BCUT2D eigenvalue weighted by atomic mass is 19.1. The van der Waals surface area contributed by atoms with Gasteiger partial charge in [-0.2, -0.15) is 0 Å². The Bertz CT molecular complexity index is 1160. The summed E-state index contributed by atoms with van der Waals surface area (Å²) in [5.74, 6) is -3.54. The number of nitrogens with zero attached hydrogens (tertiary/aromatic N) is 2. The molecule has 2 heterocycles. The summed E-state index contributed by atoms with van der Waals surface area (Å²) in [6, 6.07) is 2.91.